The number of para-hydroxylation sites is 1. The first-order chi connectivity index (χ1) is 27.2. The minimum atomic E-state index is 0.702. The number of hydrogen-bond donors (Lipinski definition) is 0. The van der Waals surface area contributed by atoms with Crippen molar-refractivity contribution in [3.63, 3.8) is 0 Å². The molecule has 2 heterocycles. The molecule has 11 rings (SSSR count). The van der Waals surface area contributed by atoms with E-state index in [4.69, 9.17) is 9.97 Å². The lowest BCUT2D eigenvalue weighted by Crippen LogP contribution is -2.02. The standard InChI is InChI=1S/C52H33N3/c1-3-12-36(13-4-1)47-33-50(54-52(53-47)37-14-5-2-6-15-37)55-48-18-10-9-17-46(48)51-45-27-25-42(30-43(45)26-28-49(51)55)41-24-21-35-20-23-40(31-44(35)32-41)39-22-19-34-11-7-8-16-38(34)29-39/h1-33H. The fraction of sp³-hybridized carbons (Fsp3) is 0. The highest BCUT2D eigenvalue weighted by molar-refractivity contribution is 6.21. The Morgan fingerprint density at radius 2 is 0.855 bits per heavy atom. The van der Waals surface area contributed by atoms with Gasteiger partial charge >= 0.3 is 0 Å². The van der Waals surface area contributed by atoms with E-state index in [9.17, 15) is 0 Å². The normalized spacial score (nSPS) is 11.6. The highest BCUT2D eigenvalue weighted by Crippen LogP contribution is 2.39. The lowest BCUT2D eigenvalue weighted by atomic mass is 9.95. The lowest BCUT2D eigenvalue weighted by Gasteiger charge is -2.12. The molecule has 0 aliphatic rings. The number of aromatic nitrogens is 3. The molecule has 3 nitrogen and oxygen atoms in total. The third-order valence-electron chi connectivity index (χ3n) is 11.0. The molecule has 2 aromatic heterocycles. The van der Waals surface area contributed by atoms with Crippen molar-refractivity contribution in [2.75, 3.05) is 0 Å². The predicted molar refractivity (Wildman–Crippen MR) is 231 cm³/mol. The quantitative estimate of drug-likeness (QED) is 0.179. The van der Waals surface area contributed by atoms with Crippen LogP contribution in [0.5, 0.6) is 0 Å². The van der Waals surface area contributed by atoms with E-state index in [0.29, 0.717) is 5.82 Å². The average Bonchev–Trinajstić information content (AvgIpc) is 3.61. The van der Waals surface area contributed by atoms with Gasteiger partial charge in [0.1, 0.15) is 5.82 Å². The number of nitrogens with zero attached hydrogens (tertiary/aromatic N) is 3. The van der Waals surface area contributed by atoms with Crippen molar-refractivity contribution < 1.29 is 0 Å². The summed E-state index contributed by atoms with van der Waals surface area (Å²) < 4.78 is 2.30. The van der Waals surface area contributed by atoms with Gasteiger partial charge in [-0.15, -0.1) is 0 Å². The van der Waals surface area contributed by atoms with Gasteiger partial charge in [-0.05, 0) is 91.0 Å². The second-order valence-corrected chi connectivity index (χ2v) is 14.3. The third kappa shape index (κ3) is 5.36. The smallest absolute Gasteiger partial charge is 0.162 e. The fourth-order valence-electron chi connectivity index (χ4n) is 8.22. The van der Waals surface area contributed by atoms with E-state index in [0.717, 1.165) is 33.7 Å². The maximum Gasteiger partial charge on any atom is 0.162 e. The second-order valence-electron chi connectivity index (χ2n) is 14.3. The zero-order valence-corrected chi connectivity index (χ0v) is 29.9. The van der Waals surface area contributed by atoms with Crippen LogP contribution in [-0.4, -0.2) is 14.5 Å². The van der Waals surface area contributed by atoms with Crippen LogP contribution in [0.1, 0.15) is 0 Å². The zero-order valence-electron chi connectivity index (χ0n) is 29.9. The van der Waals surface area contributed by atoms with Crippen LogP contribution >= 0.6 is 0 Å². The van der Waals surface area contributed by atoms with E-state index in [1.165, 1.54) is 65.3 Å². The molecule has 0 spiro atoms. The Bertz CT molecular complexity index is 3190. The zero-order chi connectivity index (χ0) is 36.3. The Labute approximate surface area is 318 Å². The molecule has 0 amide bonds. The molecule has 0 unspecified atom stereocenters. The molecule has 9 aromatic carbocycles. The molecule has 11 aromatic rings. The number of benzene rings is 9. The number of hydrogen-bond acceptors (Lipinski definition) is 2. The van der Waals surface area contributed by atoms with Gasteiger partial charge in [0.05, 0.1) is 16.7 Å². The summed E-state index contributed by atoms with van der Waals surface area (Å²) in [6.07, 6.45) is 0. The molecule has 256 valence electrons. The van der Waals surface area contributed by atoms with E-state index in [1.807, 2.05) is 24.3 Å². The van der Waals surface area contributed by atoms with Crippen molar-refractivity contribution in [2.45, 2.75) is 0 Å². The molecule has 3 heteroatoms. The molecule has 0 radical (unpaired) electrons. The third-order valence-corrected chi connectivity index (χ3v) is 11.0. The summed E-state index contributed by atoms with van der Waals surface area (Å²) in [6.45, 7) is 0. The molecule has 0 aliphatic heterocycles. The Kier molecular flexibility index (Phi) is 7.17. The van der Waals surface area contributed by atoms with E-state index >= 15 is 0 Å². The van der Waals surface area contributed by atoms with Crippen LogP contribution < -0.4 is 0 Å². The minimum Gasteiger partial charge on any atom is -0.294 e. The largest absolute Gasteiger partial charge is 0.294 e. The average molecular weight is 700 g/mol. The van der Waals surface area contributed by atoms with Crippen LogP contribution in [0.2, 0.25) is 0 Å². The van der Waals surface area contributed by atoms with Crippen molar-refractivity contribution in [3.05, 3.63) is 200 Å². The van der Waals surface area contributed by atoms with Crippen LogP contribution in [0, 0.1) is 0 Å². The summed E-state index contributed by atoms with van der Waals surface area (Å²) in [4.78, 5) is 10.3. The maximum absolute atomic E-state index is 5.22. The summed E-state index contributed by atoms with van der Waals surface area (Å²) in [5, 5.41) is 9.83. The van der Waals surface area contributed by atoms with Gasteiger partial charge in [0.25, 0.3) is 0 Å². The van der Waals surface area contributed by atoms with Crippen LogP contribution in [0.3, 0.4) is 0 Å². The molecule has 0 aliphatic carbocycles. The molecule has 0 atom stereocenters. The van der Waals surface area contributed by atoms with Crippen LogP contribution in [0.15, 0.2) is 200 Å². The van der Waals surface area contributed by atoms with Gasteiger partial charge in [0, 0.05) is 28.0 Å². The topological polar surface area (TPSA) is 30.7 Å². The fourth-order valence-corrected chi connectivity index (χ4v) is 8.22. The van der Waals surface area contributed by atoms with Crippen LogP contribution in [0.25, 0.3) is 105 Å². The Balaban J connectivity index is 1.05. The first kappa shape index (κ1) is 31.2. The van der Waals surface area contributed by atoms with Crippen molar-refractivity contribution in [1.29, 1.82) is 0 Å². The van der Waals surface area contributed by atoms with Crippen molar-refractivity contribution in [1.82, 2.24) is 14.5 Å². The monoisotopic (exact) mass is 699 g/mol. The van der Waals surface area contributed by atoms with E-state index in [2.05, 4.69) is 180 Å². The lowest BCUT2D eigenvalue weighted by molar-refractivity contribution is 1.05. The molecule has 0 saturated heterocycles. The van der Waals surface area contributed by atoms with Gasteiger partial charge < -0.3 is 0 Å². The van der Waals surface area contributed by atoms with Crippen molar-refractivity contribution >= 4 is 54.1 Å². The van der Waals surface area contributed by atoms with E-state index in [-0.39, 0.29) is 0 Å². The number of fused-ring (bicyclic) bond motifs is 7. The highest BCUT2D eigenvalue weighted by atomic mass is 15.1. The van der Waals surface area contributed by atoms with Gasteiger partial charge in [-0.2, -0.15) is 0 Å². The van der Waals surface area contributed by atoms with Crippen LogP contribution in [-0.2, 0) is 0 Å². The van der Waals surface area contributed by atoms with Gasteiger partial charge in [-0.1, -0.05) is 158 Å². The summed E-state index contributed by atoms with van der Waals surface area (Å²) in [6, 6.07) is 71.7. The van der Waals surface area contributed by atoms with E-state index in [1.54, 1.807) is 0 Å². The number of rotatable bonds is 5. The SMILES string of the molecule is c1ccc(-c2cc(-n3c4ccccc4c4c5ccc(-c6ccc7ccc(-c8ccc9ccccc9c8)cc7c6)cc5ccc43)nc(-c3ccccc3)n2)cc1. The van der Waals surface area contributed by atoms with Crippen molar-refractivity contribution in [3.8, 4) is 50.7 Å². The summed E-state index contributed by atoms with van der Waals surface area (Å²) in [5.74, 6) is 1.54. The van der Waals surface area contributed by atoms with Gasteiger partial charge in [-0.3, -0.25) is 4.57 Å². The Morgan fingerprint density at radius 3 is 1.58 bits per heavy atom. The second kappa shape index (κ2) is 12.6. The molecular weight excluding hydrogens is 667 g/mol. The van der Waals surface area contributed by atoms with Crippen molar-refractivity contribution in [2.24, 2.45) is 0 Å². The summed E-state index contributed by atoms with van der Waals surface area (Å²) >= 11 is 0. The molecule has 0 N–H and O–H groups in total. The van der Waals surface area contributed by atoms with Gasteiger partial charge in [0.15, 0.2) is 5.82 Å². The molecule has 0 saturated carbocycles. The summed E-state index contributed by atoms with van der Waals surface area (Å²) in [5.41, 5.74) is 10.0. The molecule has 55 heavy (non-hydrogen) atoms. The van der Waals surface area contributed by atoms with Gasteiger partial charge in [0.2, 0.25) is 0 Å². The molecular formula is C52H33N3. The summed E-state index contributed by atoms with van der Waals surface area (Å²) in [7, 11) is 0. The maximum atomic E-state index is 5.22. The first-order valence-electron chi connectivity index (χ1n) is 18.7. The molecule has 0 bridgehead atoms. The van der Waals surface area contributed by atoms with Gasteiger partial charge in [-0.25, -0.2) is 9.97 Å². The van der Waals surface area contributed by atoms with E-state index < -0.39 is 0 Å². The Hall–Kier alpha value is -7.36. The highest BCUT2D eigenvalue weighted by Gasteiger charge is 2.18. The first-order valence-corrected chi connectivity index (χ1v) is 18.7. The van der Waals surface area contributed by atoms with Crippen LogP contribution in [0.4, 0.5) is 0 Å². The Morgan fingerprint density at radius 1 is 0.309 bits per heavy atom. The minimum absolute atomic E-state index is 0.702. The molecule has 0 fully saturated rings. The predicted octanol–water partition coefficient (Wildman–Crippen LogP) is 13.7.